The maximum atomic E-state index is 13.3. The Morgan fingerprint density at radius 1 is 1.14 bits per heavy atom. The van der Waals surface area contributed by atoms with Gasteiger partial charge in [0.15, 0.2) is 0 Å². The van der Waals surface area contributed by atoms with Gasteiger partial charge in [0.1, 0.15) is 23.1 Å². The van der Waals surface area contributed by atoms with Crippen LogP contribution in [0.3, 0.4) is 0 Å². The van der Waals surface area contributed by atoms with Gasteiger partial charge in [-0.15, -0.1) is 0 Å². The molecule has 1 unspecified atom stereocenters. The molecule has 1 heterocycles. The molecule has 0 saturated heterocycles. The van der Waals surface area contributed by atoms with Gasteiger partial charge in [0, 0.05) is 23.7 Å². The van der Waals surface area contributed by atoms with Gasteiger partial charge in [-0.2, -0.15) is 0 Å². The van der Waals surface area contributed by atoms with E-state index in [9.17, 15) is 8.78 Å². The lowest BCUT2D eigenvalue weighted by atomic mass is 10.00. The van der Waals surface area contributed by atoms with Crippen LogP contribution in [-0.2, 0) is 0 Å². The number of ether oxygens (including phenoxy) is 2. The highest BCUT2D eigenvalue weighted by atomic mass is 19.1. The Morgan fingerprint density at radius 2 is 1.90 bits per heavy atom. The zero-order valence-corrected chi connectivity index (χ0v) is 11.5. The third kappa shape index (κ3) is 2.91. The van der Waals surface area contributed by atoms with Crippen LogP contribution in [0, 0.1) is 11.6 Å². The molecule has 0 saturated carbocycles. The van der Waals surface area contributed by atoms with Gasteiger partial charge in [0.05, 0.1) is 19.8 Å². The molecule has 21 heavy (non-hydrogen) atoms. The molecule has 0 spiro atoms. The Hall–Kier alpha value is -2.30. The van der Waals surface area contributed by atoms with Crippen LogP contribution in [0.4, 0.5) is 14.5 Å². The number of benzene rings is 2. The average Bonchev–Trinajstić information content (AvgIpc) is 2.46. The number of methoxy groups -OCH3 is 1. The van der Waals surface area contributed by atoms with Crippen LogP contribution < -0.4 is 14.8 Å². The quantitative estimate of drug-likeness (QED) is 0.930. The van der Waals surface area contributed by atoms with Gasteiger partial charge in [-0.1, -0.05) is 0 Å². The lowest BCUT2D eigenvalue weighted by Crippen LogP contribution is -2.20. The van der Waals surface area contributed by atoms with E-state index in [1.54, 1.807) is 7.11 Å². The second-order valence-corrected chi connectivity index (χ2v) is 4.90. The van der Waals surface area contributed by atoms with Crippen molar-refractivity contribution in [2.24, 2.45) is 0 Å². The van der Waals surface area contributed by atoms with E-state index in [1.807, 2.05) is 18.2 Å². The minimum absolute atomic E-state index is 0.0787. The fourth-order valence-corrected chi connectivity index (χ4v) is 2.49. The van der Waals surface area contributed by atoms with Gasteiger partial charge in [-0.3, -0.25) is 0 Å². The fourth-order valence-electron chi connectivity index (χ4n) is 2.49. The van der Waals surface area contributed by atoms with E-state index < -0.39 is 11.6 Å². The van der Waals surface area contributed by atoms with E-state index in [2.05, 4.69) is 5.32 Å². The summed E-state index contributed by atoms with van der Waals surface area (Å²) in [5.41, 5.74) is 1.33. The van der Waals surface area contributed by atoms with Crippen LogP contribution in [0.2, 0.25) is 0 Å². The molecule has 0 amide bonds. The Morgan fingerprint density at radius 3 is 2.62 bits per heavy atom. The van der Waals surface area contributed by atoms with Crippen molar-refractivity contribution in [3.8, 4) is 11.5 Å². The second kappa shape index (κ2) is 5.60. The maximum Gasteiger partial charge on any atom is 0.128 e. The number of halogens is 2. The normalized spacial score (nSPS) is 16.8. The predicted molar refractivity (Wildman–Crippen MR) is 75.8 cm³/mol. The molecule has 0 bridgehead atoms. The monoisotopic (exact) mass is 291 g/mol. The summed E-state index contributed by atoms with van der Waals surface area (Å²) in [5, 5.41) is 3.15. The molecule has 110 valence electrons. The SMILES string of the molecule is COc1ccc2c(c1)C(Nc1cc(F)cc(F)c1)CCO2. The summed E-state index contributed by atoms with van der Waals surface area (Å²) in [4.78, 5) is 0. The first-order valence-electron chi connectivity index (χ1n) is 6.69. The highest BCUT2D eigenvalue weighted by Gasteiger charge is 2.22. The zero-order chi connectivity index (χ0) is 14.8. The molecule has 1 N–H and O–H groups in total. The number of rotatable bonds is 3. The van der Waals surface area contributed by atoms with E-state index in [0.717, 1.165) is 23.1 Å². The van der Waals surface area contributed by atoms with Crippen molar-refractivity contribution in [2.45, 2.75) is 12.5 Å². The molecule has 3 nitrogen and oxygen atoms in total. The summed E-state index contributed by atoms with van der Waals surface area (Å²) < 4.78 is 37.4. The molecule has 1 aliphatic heterocycles. The molecule has 3 rings (SSSR count). The summed E-state index contributed by atoms with van der Waals surface area (Å²) in [5.74, 6) is 0.277. The van der Waals surface area contributed by atoms with E-state index in [1.165, 1.54) is 12.1 Å². The first kappa shape index (κ1) is 13.7. The molecular formula is C16H15F2NO2. The largest absolute Gasteiger partial charge is 0.497 e. The van der Waals surface area contributed by atoms with Crippen LogP contribution in [0.5, 0.6) is 11.5 Å². The Kier molecular flexibility index (Phi) is 3.64. The van der Waals surface area contributed by atoms with E-state index in [0.29, 0.717) is 18.7 Å². The van der Waals surface area contributed by atoms with Crippen LogP contribution in [-0.4, -0.2) is 13.7 Å². The smallest absolute Gasteiger partial charge is 0.128 e. The number of nitrogens with one attached hydrogen (secondary N) is 1. The molecule has 0 aliphatic carbocycles. The number of hydrogen-bond acceptors (Lipinski definition) is 3. The van der Waals surface area contributed by atoms with Gasteiger partial charge in [0.2, 0.25) is 0 Å². The van der Waals surface area contributed by atoms with Crippen molar-refractivity contribution in [2.75, 3.05) is 19.0 Å². The average molecular weight is 291 g/mol. The molecule has 5 heteroatoms. The minimum atomic E-state index is -0.601. The molecule has 1 aliphatic rings. The molecule has 2 aromatic carbocycles. The van der Waals surface area contributed by atoms with E-state index in [4.69, 9.17) is 9.47 Å². The van der Waals surface area contributed by atoms with Gasteiger partial charge in [-0.25, -0.2) is 8.78 Å². The molecule has 0 radical (unpaired) electrons. The number of fused-ring (bicyclic) bond motifs is 1. The maximum absolute atomic E-state index is 13.3. The van der Waals surface area contributed by atoms with Crippen molar-refractivity contribution >= 4 is 5.69 Å². The topological polar surface area (TPSA) is 30.5 Å². The van der Waals surface area contributed by atoms with Crippen molar-refractivity contribution in [1.29, 1.82) is 0 Å². The van der Waals surface area contributed by atoms with E-state index in [-0.39, 0.29) is 6.04 Å². The first-order valence-corrected chi connectivity index (χ1v) is 6.69. The lowest BCUT2D eigenvalue weighted by Gasteiger charge is -2.28. The molecule has 0 aromatic heterocycles. The molecule has 1 atom stereocenters. The Labute approximate surface area is 121 Å². The first-order chi connectivity index (χ1) is 10.2. The summed E-state index contributed by atoms with van der Waals surface area (Å²) >= 11 is 0. The van der Waals surface area contributed by atoms with Crippen molar-refractivity contribution in [1.82, 2.24) is 0 Å². The molecule has 0 fully saturated rings. The number of hydrogen-bond donors (Lipinski definition) is 1. The standard InChI is InChI=1S/C16H15F2NO2/c1-20-13-2-3-16-14(9-13)15(4-5-21-16)19-12-7-10(17)6-11(18)8-12/h2-3,6-9,15,19H,4-5H2,1H3. The van der Waals surface area contributed by atoms with Crippen LogP contribution >= 0.6 is 0 Å². The third-order valence-electron chi connectivity index (χ3n) is 3.46. The highest BCUT2D eigenvalue weighted by Crippen LogP contribution is 2.36. The predicted octanol–water partition coefficient (Wildman–Crippen LogP) is 3.91. The van der Waals surface area contributed by atoms with Crippen LogP contribution in [0.1, 0.15) is 18.0 Å². The molecular weight excluding hydrogens is 276 g/mol. The highest BCUT2D eigenvalue weighted by molar-refractivity contribution is 5.50. The van der Waals surface area contributed by atoms with Crippen molar-refractivity contribution in [3.63, 3.8) is 0 Å². The van der Waals surface area contributed by atoms with Crippen molar-refractivity contribution < 1.29 is 18.3 Å². The van der Waals surface area contributed by atoms with Gasteiger partial charge >= 0.3 is 0 Å². The lowest BCUT2D eigenvalue weighted by molar-refractivity contribution is 0.273. The summed E-state index contributed by atoms with van der Waals surface area (Å²) in [6, 6.07) is 8.87. The number of anilines is 1. The fraction of sp³-hybridized carbons (Fsp3) is 0.250. The van der Waals surface area contributed by atoms with Gasteiger partial charge in [0.25, 0.3) is 0 Å². The zero-order valence-electron chi connectivity index (χ0n) is 11.5. The minimum Gasteiger partial charge on any atom is -0.497 e. The van der Waals surface area contributed by atoms with E-state index >= 15 is 0 Å². The summed E-state index contributed by atoms with van der Waals surface area (Å²) in [7, 11) is 1.59. The Bertz CT molecular complexity index is 640. The summed E-state index contributed by atoms with van der Waals surface area (Å²) in [6.07, 6.45) is 0.707. The van der Waals surface area contributed by atoms with Gasteiger partial charge < -0.3 is 14.8 Å². The molecule has 2 aromatic rings. The van der Waals surface area contributed by atoms with Crippen molar-refractivity contribution in [3.05, 3.63) is 53.6 Å². The van der Waals surface area contributed by atoms with Crippen LogP contribution in [0.25, 0.3) is 0 Å². The summed E-state index contributed by atoms with van der Waals surface area (Å²) in [6.45, 7) is 0.550. The third-order valence-corrected chi connectivity index (χ3v) is 3.46. The Balaban J connectivity index is 1.90. The van der Waals surface area contributed by atoms with Gasteiger partial charge in [-0.05, 0) is 30.3 Å². The van der Waals surface area contributed by atoms with Crippen LogP contribution in [0.15, 0.2) is 36.4 Å². The second-order valence-electron chi connectivity index (χ2n) is 4.90.